The summed E-state index contributed by atoms with van der Waals surface area (Å²) in [7, 11) is 0. The lowest BCUT2D eigenvalue weighted by Gasteiger charge is -2.09. The number of nitriles is 1. The standard InChI is InChI=1S/C14H7ClF2N2O/c15-10-6-11(16)8(5-12(10)17)14(20)9(7-18)13-3-1-2-4-19-13/h1-6,9H. The van der Waals surface area contributed by atoms with Gasteiger partial charge in [-0.25, -0.2) is 8.78 Å². The molecular formula is C14H7ClF2N2O. The van der Waals surface area contributed by atoms with Gasteiger partial charge in [0.05, 0.1) is 22.3 Å². The minimum atomic E-state index is -1.30. The maximum atomic E-state index is 13.7. The van der Waals surface area contributed by atoms with Gasteiger partial charge in [0.15, 0.2) is 11.7 Å². The number of pyridine rings is 1. The minimum Gasteiger partial charge on any atom is -0.292 e. The number of Topliss-reactive ketones (excluding diaryl/α,β-unsaturated/α-hetero) is 1. The lowest BCUT2D eigenvalue weighted by molar-refractivity contribution is 0.0973. The van der Waals surface area contributed by atoms with E-state index in [0.29, 0.717) is 12.1 Å². The molecule has 1 heterocycles. The van der Waals surface area contributed by atoms with Gasteiger partial charge >= 0.3 is 0 Å². The average Bonchev–Trinajstić information content (AvgIpc) is 2.44. The van der Waals surface area contributed by atoms with Crippen molar-refractivity contribution in [2.75, 3.05) is 0 Å². The molecular weight excluding hydrogens is 286 g/mol. The molecule has 6 heteroatoms. The van der Waals surface area contributed by atoms with Crippen LogP contribution in [0, 0.1) is 23.0 Å². The van der Waals surface area contributed by atoms with Crippen LogP contribution in [0.15, 0.2) is 36.5 Å². The Balaban J connectivity index is 2.45. The third-order valence-electron chi connectivity index (χ3n) is 2.65. The Kier molecular flexibility index (Phi) is 4.06. The van der Waals surface area contributed by atoms with Crippen molar-refractivity contribution in [1.29, 1.82) is 5.26 Å². The number of carbonyl (C=O) groups is 1. The number of rotatable bonds is 3. The van der Waals surface area contributed by atoms with Crippen LogP contribution in [-0.2, 0) is 0 Å². The molecule has 1 aromatic heterocycles. The second-order valence-corrected chi connectivity index (χ2v) is 4.33. The van der Waals surface area contributed by atoms with Crippen molar-refractivity contribution in [2.45, 2.75) is 5.92 Å². The van der Waals surface area contributed by atoms with Crippen molar-refractivity contribution < 1.29 is 13.6 Å². The van der Waals surface area contributed by atoms with Gasteiger partial charge in [-0.1, -0.05) is 17.7 Å². The van der Waals surface area contributed by atoms with E-state index in [1.54, 1.807) is 18.2 Å². The van der Waals surface area contributed by atoms with E-state index in [1.165, 1.54) is 12.3 Å². The van der Waals surface area contributed by atoms with Gasteiger partial charge in [0.25, 0.3) is 0 Å². The second-order valence-electron chi connectivity index (χ2n) is 3.93. The van der Waals surface area contributed by atoms with Crippen LogP contribution in [0.25, 0.3) is 0 Å². The molecule has 0 spiro atoms. The van der Waals surface area contributed by atoms with Crippen LogP contribution in [0.5, 0.6) is 0 Å². The maximum Gasteiger partial charge on any atom is 0.189 e. The highest BCUT2D eigenvalue weighted by atomic mass is 35.5. The number of hydrogen-bond donors (Lipinski definition) is 0. The zero-order valence-electron chi connectivity index (χ0n) is 9.98. The first-order valence-electron chi connectivity index (χ1n) is 5.54. The molecule has 2 rings (SSSR count). The molecule has 2 aromatic rings. The summed E-state index contributed by atoms with van der Waals surface area (Å²) >= 11 is 5.42. The van der Waals surface area contributed by atoms with Gasteiger partial charge in [-0.2, -0.15) is 5.26 Å². The van der Waals surface area contributed by atoms with Gasteiger partial charge < -0.3 is 0 Å². The number of halogens is 3. The first kappa shape index (κ1) is 14.1. The van der Waals surface area contributed by atoms with E-state index in [-0.39, 0.29) is 5.69 Å². The molecule has 100 valence electrons. The van der Waals surface area contributed by atoms with Crippen LogP contribution in [0.3, 0.4) is 0 Å². The number of aromatic nitrogens is 1. The van der Waals surface area contributed by atoms with Gasteiger partial charge in [0.1, 0.15) is 11.6 Å². The van der Waals surface area contributed by atoms with Gasteiger partial charge in [-0.3, -0.25) is 9.78 Å². The van der Waals surface area contributed by atoms with E-state index in [0.717, 1.165) is 0 Å². The zero-order chi connectivity index (χ0) is 14.7. The van der Waals surface area contributed by atoms with Crippen molar-refractivity contribution in [1.82, 2.24) is 4.98 Å². The molecule has 0 saturated carbocycles. The zero-order valence-corrected chi connectivity index (χ0v) is 10.7. The predicted molar refractivity (Wildman–Crippen MR) is 68.3 cm³/mol. The molecule has 3 nitrogen and oxygen atoms in total. The van der Waals surface area contributed by atoms with Gasteiger partial charge in [-0.15, -0.1) is 0 Å². The summed E-state index contributed by atoms with van der Waals surface area (Å²) < 4.78 is 27.0. The SMILES string of the molecule is N#CC(C(=O)c1cc(F)c(Cl)cc1F)c1ccccn1. The topological polar surface area (TPSA) is 53.8 Å². The molecule has 0 saturated heterocycles. The fraction of sp³-hybridized carbons (Fsp3) is 0.0714. The summed E-state index contributed by atoms with van der Waals surface area (Å²) in [6.45, 7) is 0. The van der Waals surface area contributed by atoms with E-state index >= 15 is 0 Å². The molecule has 0 aliphatic rings. The largest absolute Gasteiger partial charge is 0.292 e. The van der Waals surface area contributed by atoms with E-state index in [4.69, 9.17) is 16.9 Å². The Labute approximate surface area is 118 Å². The lowest BCUT2D eigenvalue weighted by Crippen LogP contribution is -2.14. The smallest absolute Gasteiger partial charge is 0.189 e. The van der Waals surface area contributed by atoms with E-state index < -0.39 is 33.9 Å². The molecule has 0 aliphatic carbocycles. The van der Waals surface area contributed by atoms with Crippen molar-refractivity contribution in [3.8, 4) is 6.07 Å². The number of nitrogens with zero attached hydrogens (tertiary/aromatic N) is 2. The highest BCUT2D eigenvalue weighted by Gasteiger charge is 2.26. The highest BCUT2D eigenvalue weighted by Crippen LogP contribution is 2.24. The molecule has 0 bridgehead atoms. The third-order valence-corrected chi connectivity index (χ3v) is 2.94. The van der Waals surface area contributed by atoms with Gasteiger partial charge in [0, 0.05) is 6.20 Å². The van der Waals surface area contributed by atoms with Crippen molar-refractivity contribution in [3.05, 3.63) is 64.4 Å². The van der Waals surface area contributed by atoms with E-state index in [1.807, 2.05) is 0 Å². The van der Waals surface area contributed by atoms with E-state index in [9.17, 15) is 13.6 Å². The van der Waals surface area contributed by atoms with Crippen molar-refractivity contribution >= 4 is 17.4 Å². The van der Waals surface area contributed by atoms with Crippen LogP contribution < -0.4 is 0 Å². The summed E-state index contributed by atoms with van der Waals surface area (Å²) in [5.41, 5.74) is -0.348. The minimum absolute atomic E-state index is 0.176. The first-order valence-corrected chi connectivity index (χ1v) is 5.91. The highest BCUT2D eigenvalue weighted by molar-refractivity contribution is 6.30. The van der Waals surface area contributed by atoms with Gasteiger partial charge in [0.2, 0.25) is 0 Å². The van der Waals surface area contributed by atoms with Crippen LogP contribution >= 0.6 is 11.6 Å². The second kappa shape index (κ2) is 5.76. The fourth-order valence-electron chi connectivity index (χ4n) is 1.67. The molecule has 0 aliphatic heterocycles. The maximum absolute atomic E-state index is 13.7. The lowest BCUT2D eigenvalue weighted by atomic mass is 9.95. The molecule has 0 amide bonds. The number of benzene rings is 1. The van der Waals surface area contributed by atoms with Crippen molar-refractivity contribution in [2.24, 2.45) is 0 Å². The van der Waals surface area contributed by atoms with Crippen LogP contribution in [0.4, 0.5) is 8.78 Å². The van der Waals surface area contributed by atoms with Crippen molar-refractivity contribution in [3.63, 3.8) is 0 Å². The summed E-state index contributed by atoms with van der Waals surface area (Å²) in [4.78, 5) is 16.0. The molecule has 0 fully saturated rings. The predicted octanol–water partition coefficient (Wildman–Crippen LogP) is 3.50. The Bertz CT molecular complexity index is 698. The summed E-state index contributed by atoms with van der Waals surface area (Å²) in [5.74, 6) is -4.06. The average molecular weight is 293 g/mol. The normalized spacial score (nSPS) is 11.7. The van der Waals surface area contributed by atoms with Crippen LogP contribution in [0.1, 0.15) is 22.0 Å². The molecule has 0 radical (unpaired) electrons. The number of hydrogen-bond acceptors (Lipinski definition) is 3. The molecule has 20 heavy (non-hydrogen) atoms. The molecule has 1 aromatic carbocycles. The van der Waals surface area contributed by atoms with Crippen LogP contribution in [-0.4, -0.2) is 10.8 Å². The van der Waals surface area contributed by atoms with Crippen LogP contribution in [0.2, 0.25) is 5.02 Å². The fourth-order valence-corrected chi connectivity index (χ4v) is 1.82. The molecule has 1 atom stereocenters. The monoisotopic (exact) mass is 292 g/mol. The third kappa shape index (κ3) is 2.65. The Hall–Kier alpha value is -2.32. The summed E-state index contributed by atoms with van der Waals surface area (Å²) in [5, 5.41) is 8.65. The summed E-state index contributed by atoms with van der Waals surface area (Å²) in [6, 6.07) is 7.82. The summed E-state index contributed by atoms with van der Waals surface area (Å²) in [6.07, 6.45) is 1.41. The number of ketones is 1. The Morgan fingerprint density at radius 2 is 2.05 bits per heavy atom. The molecule has 1 unspecified atom stereocenters. The Morgan fingerprint density at radius 1 is 1.30 bits per heavy atom. The number of carbonyl (C=O) groups excluding carboxylic acids is 1. The van der Waals surface area contributed by atoms with E-state index in [2.05, 4.69) is 4.98 Å². The quantitative estimate of drug-likeness (QED) is 0.642. The Morgan fingerprint density at radius 3 is 2.65 bits per heavy atom. The molecule has 0 N–H and O–H groups in total. The van der Waals surface area contributed by atoms with Gasteiger partial charge in [-0.05, 0) is 24.3 Å². The first-order chi connectivity index (χ1) is 9.54.